The molecule has 0 atom stereocenters. The number of aromatic nitrogens is 1. The molecule has 0 bridgehead atoms. The number of carbonyl (C=O) groups is 1. The molecule has 0 spiro atoms. The first-order valence-electron chi connectivity index (χ1n) is 9.39. The summed E-state index contributed by atoms with van der Waals surface area (Å²) in [5.74, 6) is 1.36. The van der Waals surface area contributed by atoms with Crippen LogP contribution in [0.1, 0.15) is 25.8 Å². The lowest BCUT2D eigenvalue weighted by Crippen LogP contribution is -2.20. The summed E-state index contributed by atoms with van der Waals surface area (Å²) in [7, 11) is 0. The first-order chi connectivity index (χ1) is 13.7. The van der Waals surface area contributed by atoms with Crippen LogP contribution in [0.15, 0.2) is 53.9 Å². The number of carbonyl (C=O) groups excluding carboxylic acids is 1. The van der Waals surface area contributed by atoms with Crippen molar-refractivity contribution in [1.29, 1.82) is 0 Å². The van der Waals surface area contributed by atoms with Crippen molar-refractivity contribution in [3.05, 3.63) is 59.5 Å². The second kappa shape index (κ2) is 9.90. The number of amides is 1. The number of aryl methyl sites for hydroxylation is 1. The number of hydrogen-bond donors (Lipinski definition) is 1. The van der Waals surface area contributed by atoms with Crippen LogP contribution in [0.25, 0.3) is 11.3 Å². The van der Waals surface area contributed by atoms with Gasteiger partial charge in [0.1, 0.15) is 11.5 Å². The first kappa shape index (κ1) is 19.9. The van der Waals surface area contributed by atoms with Gasteiger partial charge < -0.3 is 9.47 Å². The maximum atomic E-state index is 12.2. The second-order valence-corrected chi connectivity index (χ2v) is 7.07. The molecule has 2 aromatic carbocycles. The minimum Gasteiger partial charge on any atom is -0.494 e. The van der Waals surface area contributed by atoms with Crippen LogP contribution >= 0.6 is 11.3 Å². The van der Waals surface area contributed by atoms with Gasteiger partial charge in [0, 0.05) is 10.9 Å². The van der Waals surface area contributed by atoms with E-state index in [2.05, 4.69) is 24.1 Å². The summed E-state index contributed by atoms with van der Waals surface area (Å²) in [5, 5.41) is 5.27. The van der Waals surface area contributed by atoms with Gasteiger partial charge in [-0.1, -0.05) is 32.0 Å². The molecule has 1 N–H and O–H groups in total. The number of benzene rings is 2. The molecular weight excluding hydrogens is 372 g/mol. The second-order valence-electron chi connectivity index (χ2n) is 6.21. The molecular formula is C22H24N2O3S. The van der Waals surface area contributed by atoms with Crippen LogP contribution in [0.4, 0.5) is 5.13 Å². The lowest BCUT2D eigenvalue weighted by molar-refractivity contribution is -0.118. The molecule has 0 unspecified atom stereocenters. The van der Waals surface area contributed by atoms with Crippen LogP contribution in [0, 0.1) is 0 Å². The largest absolute Gasteiger partial charge is 0.494 e. The van der Waals surface area contributed by atoms with E-state index in [0.29, 0.717) is 11.7 Å². The maximum absolute atomic E-state index is 12.2. The van der Waals surface area contributed by atoms with Crippen LogP contribution in [-0.2, 0) is 11.2 Å². The Morgan fingerprint density at radius 3 is 2.61 bits per heavy atom. The standard InChI is InChI=1S/C22H24N2O3S/c1-3-13-26-18-11-9-17(10-12-18)19-15-28-22(23-19)24-21(25)14-27-20-8-6-5-7-16(20)4-2/h5-12,15H,3-4,13-14H2,1-2H3,(H,23,24,25). The summed E-state index contributed by atoms with van der Waals surface area (Å²) in [6.45, 7) is 4.79. The van der Waals surface area contributed by atoms with Crippen molar-refractivity contribution >= 4 is 22.4 Å². The molecule has 0 fully saturated rings. The van der Waals surface area contributed by atoms with Gasteiger partial charge in [0.15, 0.2) is 11.7 Å². The summed E-state index contributed by atoms with van der Waals surface area (Å²) < 4.78 is 11.2. The van der Waals surface area contributed by atoms with Crippen molar-refractivity contribution in [2.45, 2.75) is 26.7 Å². The quantitative estimate of drug-likeness (QED) is 0.541. The third-order valence-corrected chi connectivity index (χ3v) is 4.84. The zero-order chi connectivity index (χ0) is 19.8. The molecule has 0 aliphatic rings. The average molecular weight is 397 g/mol. The third-order valence-electron chi connectivity index (χ3n) is 4.09. The van der Waals surface area contributed by atoms with E-state index in [0.717, 1.165) is 41.2 Å². The van der Waals surface area contributed by atoms with Crippen molar-refractivity contribution in [1.82, 2.24) is 4.98 Å². The number of hydrogen-bond acceptors (Lipinski definition) is 5. The smallest absolute Gasteiger partial charge is 0.264 e. The van der Waals surface area contributed by atoms with E-state index in [1.54, 1.807) is 0 Å². The molecule has 28 heavy (non-hydrogen) atoms. The lowest BCUT2D eigenvalue weighted by Gasteiger charge is -2.09. The molecule has 1 aromatic heterocycles. The first-order valence-corrected chi connectivity index (χ1v) is 10.3. The van der Waals surface area contributed by atoms with Crippen LogP contribution < -0.4 is 14.8 Å². The Morgan fingerprint density at radius 2 is 1.86 bits per heavy atom. The van der Waals surface area contributed by atoms with Crippen LogP contribution in [0.3, 0.4) is 0 Å². The van der Waals surface area contributed by atoms with E-state index in [-0.39, 0.29) is 12.5 Å². The van der Waals surface area contributed by atoms with Gasteiger partial charge in [-0.25, -0.2) is 4.98 Å². The highest BCUT2D eigenvalue weighted by Crippen LogP contribution is 2.26. The predicted octanol–water partition coefficient (Wildman–Crippen LogP) is 5.18. The van der Waals surface area contributed by atoms with E-state index in [1.165, 1.54) is 11.3 Å². The third kappa shape index (κ3) is 5.33. The van der Waals surface area contributed by atoms with E-state index in [9.17, 15) is 4.79 Å². The van der Waals surface area contributed by atoms with Crippen LogP contribution in [0.2, 0.25) is 0 Å². The average Bonchev–Trinajstić information content (AvgIpc) is 3.19. The number of anilines is 1. The number of nitrogens with one attached hydrogen (secondary N) is 1. The van der Waals surface area contributed by atoms with E-state index >= 15 is 0 Å². The number of ether oxygens (including phenoxy) is 2. The van der Waals surface area contributed by atoms with E-state index < -0.39 is 0 Å². The Bertz CT molecular complexity index is 906. The Balaban J connectivity index is 1.56. The van der Waals surface area contributed by atoms with Gasteiger partial charge in [-0.05, 0) is 48.7 Å². The molecule has 1 amide bonds. The topological polar surface area (TPSA) is 60.5 Å². The summed E-state index contributed by atoms with van der Waals surface area (Å²) >= 11 is 1.39. The normalized spacial score (nSPS) is 10.5. The molecule has 3 rings (SSSR count). The van der Waals surface area contributed by atoms with Crippen molar-refractivity contribution in [3.8, 4) is 22.8 Å². The van der Waals surface area contributed by atoms with E-state index in [1.807, 2.05) is 53.9 Å². The van der Waals surface area contributed by atoms with Crippen molar-refractivity contribution in [2.75, 3.05) is 18.5 Å². The fourth-order valence-electron chi connectivity index (χ4n) is 2.64. The van der Waals surface area contributed by atoms with E-state index in [4.69, 9.17) is 9.47 Å². The minimum atomic E-state index is -0.227. The Morgan fingerprint density at radius 1 is 1.07 bits per heavy atom. The monoisotopic (exact) mass is 396 g/mol. The molecule has 6 heteroatoms. The molecule has 1 heterocycles. The van der Waals surface area contributed by atoms with Gasteiger partial charge in [-0.2, -0.15) is 0 Å². The predicted molar refractivity (Wildman–Crippen MR) is 113 cm³/mol. The molecule has 0 aliphatic carbocycles. The van der Waals surface area contributed by atoms with Crippen LogP contribution in [-0.4, -0.2) is 24.1 Å². The molecule has 0 radical (unpaired) electrons. The molecule has 5 nitrogen and oxygen atoms in total. The maximum Gasteiger partial charge on any atom is 0.264 e. The van der Waals surface area contributed by atoms with Gasteiger partial charge in [-0.15, -0.1) is 11.3 Å². The lowest BCUT2D eigenvalue weighted by atomic mass is 10.1. The van der Waals surface area contributed by atoms with Gasteiger partial charge in [-0.3, -0.25) is 10.1 Å². The minimum absolute atomic E-state index is 0.0462. The fourth-order valence-corrected chi connectivity index (χ4v) is 3.38. The fraction of sp³-hybridized carbons (Fsp3) is 0.273. The van der Waals surface area contributed by atoms with Gasteiger partial charge >= 0.3 is 0 Å². The zero-order valence-electron chi connectivity index (χ0n) is 16.1. The van der Waals surface area contributed by atoms with Crippen molar-refractivity contribution in [3.63, 3.8) is 0 Å². The molecule has 0 saturated heterocycles. The number of para-hydroxylation sites is 1. The Kier molecular flexibility index (Phi) is 7.03. The summed E-state index contributed by atoms with van der Waals surface area (Å²) in [5.41, 5.74) is 2.88. The summed E-state index contributed by atoms with van der Waals surface area (Å²) in [6, 6.07) is 15.5. The highest BCUT2D eigenvalue weighted by Gasteiger charge is 2.10. The number of thiazole rings is 1. The van der Waals surface area contributed by atoms with Crippen LogP contribution in [0.5, 0.6) is 11.5 Å². The van der Waals surface area contributed by atoms with Gasteiger partial charge in [0.05, 0.1) is 12.3 Å². The van der Waals surface area contributed by atoms with Crippen molar-refractivity contribution < 1.29 is 14.3 Å². The van der Waals surface area contributed by atoms with Gasteiger partial charge in [0.25, 0.3) is 5.91 Å². The molecule has 3 aromatic rings. The number of rotatable bonds is 9. The molecule has 0 aliphatic heterocycles. The van der Waals surface area contributed by atoms with Crippen molar-refractivity contribution in [2.24, 2.45) is 0 Å². The Hall–Kier alpha value is -2.86. The highest BCUT2D eigenvalue weighted by molar-refractivity contribution is 7.14. The molecule has 146 valence electrons. The molecule has 0 saturated carbocycles. The summed E-state index contributed by atoms with van der Waals surface area (Å²) in [4.78, 5) is 16.7. The highest BCUT2D eigenvalue weighted by atomic mass is 32.1. The van der Waals surface area contributed by atoms with Gasteiger partial charge in [0.2, 0.25) is 0 Å². The SMILES string of the molecule is CCCOc1ccc(-c2csc(NC(=O)COc3ccccc3CC)n2)cc1. The number of nitrogens with zero attached hydrogens (tertiary/aromatic N) is 1. The Labute approximate surface area is 169 Å². The zero-order valence-corrected chi connectivity index (χ0v) is 16.9. The summed E-state index contributed by atoms with van der Waals surface area (Å²) in [6.07, 6.45) is 1.83.